The van der Waals surface area contributed by atoms with Gasteiger partial charge in [-0.25, -0.2) is 4.98 Å². The summed E-state index contributed by atoms with van der Waals surface area (Å²) in [5.41, 5.74) is 1.78. The minimum Gasteiger partial charge on any atom is -0.369 e. The molecular weight excluding hydrogens is 494 g/mol. The average Bonchev–Trinajstić information content (AvgIpc) is 2.89. The van der Waals surface area contributed by atoms with Gasteiger partial charge in [0, 0.05) is 49.5 Å². The maximum absolute atomic E-state index is 13.3. The van der Waals surface area contributed by atoms with E-state index >= 15 is 0 Å². The van der Waals surface area contributed by atoms with Gasteiger partial charge < -0.3 is 10.2 Å². The number of carbonyl (C=O) groups is 1. The number of nitrogens with one attached hydrogen (secondary N) is 1. The Hall–Kier alpha value is -2.55. The second-order valence-corrected chi connectivity index (χ2v) is 10.6. The summed E-state index contributed by atoms with van der Waals surface area (Å²) >= 11 is 7.49. The minimum atomic E-state index is -0.0452. The van der Waals surface area contributed by atoms with Crippen molar-refractivity contribution in [3.8, 4) is 0 Å². The van der Waals surface area contributed by atoms with Crippen LogP contribution in [-0.2, 0) is 11.3 Å². The number of hydrogen-bond acceptors (Lipinski definition) is 6. The first-order valence-electron chi connectivity index (χ1n) is 12.6. The second kappa shape index (κ2) is 12.6. The fraction of sp³-hybridized carbons (Fsp3) is 0.444. The van der Waals surface area contributed by atoms with Crippen LogP contribution in [0.5, 0.6) is 0 Å². The van der Waals surface area contributed by atoms with Crippen LogP contribution in [0.2, 0.25) is 5.02 Å². The topological polar surface area (TPSA) is 70.5 Å². The van der Waals surface area contributed by atoms with Crippen molar-refractivity contribution in [1.29, 1.82) is 0 Å². The van der Waals surface area contributed by atoms with Crippen molar-refractivity contribution < 1.29 is 4.79 Å². The van der Waals surface area contributed by atoms with Crippen LogP contribution in [-0.4, -0.2) is 64.9 Å². The molecule has 0 bridgehead atoms. The van der Waals surface area contributed by atoms with Crippen LogP contribution in [0.4, 0.5) is 5.69 Å². The average molecular weight is 528 g/mol. The van der Waals surface area contributed by atoms with Crippen molar-refractivity contribution >= 4 is 45.9 Å². The SMILES string of the molecule is CC[C@@H](C)NC(=O)CSc1nc2ccccc2c(=O)n1CCCN1CCN(c2cccc(Cl)c2)CC1. The van der Waals surface area contributed by atoms with Crippen molar-refractivity contribution in [2.45, 2.75) is 44.4 Å². The monoisotopic (exact) mass is 527 g/mol. The van der Waals surface area contributed by atoms with Crippen LogP contribution < -0.4 is 15.8 Å². The summed E-state index contributed by atoms with van der Waals surface area (Å²) in [6.45, 7) is 9.33. The Balaban J connectivity index is 1.38. The Morgan fingerprint density at radius 2 is 1.89 bits per heavy atom. The quantitative estimate of drug-likeness (QED) is 0.314. The van der Waals surface area contributed by atoms with Crippen LogP contribution in [0.25, 0.3) is 10.9 Å². The number of benzene rings is 2. The van der Waals surface area contributed by atoms with E-state index in [2.05, 4.69) is 21.2 Å². The summed E-state index contributed by atoms with van der Waals surface area (Å²) in [4.78, 5) is 35.2. The summed E-state index contributed by atoms with van der Waals surface area (Å²) < 4.78 is 1.74. The van der Waals surface area contributed by atoms with Crippen molar-refractivity contribution in [1.82, 2.24) is 19.8 Å². The normalized spacial score (nSPS) is 15.2. The zero-order chi connectivity index (χ0) is 25.5. The Labute approximate surface area is 221 Å². The van der Waals surface area contributed by atoms with Gasteiger partial charge in [-0.1, -0.05) is 48.5 Å². The first kappa shape index (κ1) is 26.5. The molecule has 7 nitrogen and oxygen atoms in total. The second-order valence-electron chi connectivity index (χ2n) is 9.20. The van der Waals surface area contributed by atoms with Crippen molar-refractivity contribution in [2.24, 2.45) is 0 Å². The molecule has 0 radical (unpaired) electrons. The largest absolute Gasteiger partial charge is 0.369 e. The van der Waals surface area contributed by atoms with Gasteiger partial charge in [-0.2, -0.15) is 0 Å². The number of fused-ring (bicyclic) bond motifs is 1. The minimum absolute atomic E-state index is 0.0408. The lowest BCUT2D eigenvalue weighted by atomic mass is 10.2. The Morgan fingerprint density at radius 3 is 2.64 bits per heavy atom. The summed E-state index contributed by atoms with van der Waals surface area (Å²) in [6.07, 6.45) is 1.71. The van der Waals surface area contributed by atoms with Gasteiger partial charge in [0.05, 0.1) is 16.7 Å². The molecule has 3 aromatic rings. The summed E-state index contributed by atoms with van der Waals surface area (Å²) in [6, 6.07) is 15.5. The standard InChI is InChI=1S/C27H34ClN5O2S/c1-3-20(2)29-25(34)19-36-27-30-24-11-5-4-10-23(24)26(35)33(27)13-7-12-31-14-16-32(17-15-31)22-9-6-8-21(28)18-22/h4-6,8-11,18,20H,3,7,12-17,19H2,1-2H3,(H,29,34)/t20-/m1/s1. The number of para-hydroxylation sites is 1. The van der Waals surface area contributed by atoms with E-state index in [1.54, 1.807) is 4.57 Å². The molecule has 1 aliphatic rings. The molecule has 192 valence electrons. The number of aromatic nitrogens is 2. The predicted molar refractivity (Wildman–Crippen MR) is 149 cm³/mol. The lowest BCUT2D eigenvalue weighted by molar-refractivity contribution is -0.119. The molecule has 0 aliphatic carbocycles. The Morgan fingerprint density at radius 1 is 1.11 bits per heavy atom. The zero-order valence-corrected chi connectivity index (χ0v) is 22.5. The molecule has 1 saturated heterocycles. The van der Waals surface area contributed by atoms with Gasteiger partial charge in [0.15, 0.2) is 5.16 Å². The highest BCUT2D eigenvalue weighted by Crippen LogP contribution is 2.21. The molecule has 1 aliphatic heterocycles. The van der Waals surface area contributed by atoms with E-state index in [0.717, 1.165) is 56.3 Å². The molecule has 0 unspecified atom stereocenters. The van der Waals surface area contributed by atoms with E-state index in [0.29, 0.717) is 22.6 Å². The number of piperazine rings is 1. The maximum atomic E-state index is 13.3. The van der Waals surface area contributed by atoms with Crippen molar-refractivity contribution in [3.63, 3.8) is 0 Å². The van der Waals surface area contributed by atoms with Crippen LogP contribution >= 0.6 is 23.4 Å². The van der Waals surface area contributed by atoms with E-state index in [1.165, 1.54) is 11.8 Å². The van der Waals surface area contributed by atoms with Crippen LogP contribution in [0.15, 0.2) is 58.5 Å². The number of halogens is 1. The first-order chi connectivity index (χ1) is 17.4. The molecule has 1 N–H and O–H groups in total. The fourth-order valence-electron chi connectivity index (χ4n) is 4.36. The summed E-state index contributed by atoms with van der Waals surface area (Å²) in [7, 11) is 0. The first-order valence-corrected chi connectivity index (χ1v) is 14.0. The molecule has 0 spiro atoms. The number of rotatable bonds is 10. The molecule has 36 heavy (non-hydrogen) atoms. The third kappa shape index (κ3) is 6.81. The summed E-state index contributed by atoms with van der Waals surface area (Å²) in [5.74, 6) is 0.196. The number of anilines is 1. The van der Waals surface area contributed by atoms with Gasteiger partial charge in [-0.05, 0) is 56.6 Å². The molecule has 2 aromatic carbocycles. The predicted octanol–water partition coefficient (Wildman–Crippen LogP) is 4.27. The van der Waals surface area contributed by atoms with Gasteiger partial charge in [0.25, 0.3) is 5.56 Å². The van der Waals surface area contributed by atoms with Crippen LogP contribution in [0, 0.1) is 0 Å². The molecule has 1 atom stereocenters. The highest BCUT2D eigenvalue weighted by molar-refractivity contribution is 7.99. The number of hydrogen-bond donors (Lipinski definition) is 1. The maximum Gasteiger partial charge on any atom is 0.262 e. The van der Waals surface area contributed by atoms with E-state index in [4.69, 9.17) is 16.6 Å². The molecule has 1 amide bonds. The van der Waals surface area contributed by atoms with Crippen LogP contribution in [0.3, 0.4) is 0 Å². The third-order valence-electron chi connectivity index (χ3n) is 6.58. The molecule has 9 heteroatoms. The number of nitrogens with zero attached hydrogens (tertiary/aromatic N) is 4. The smallest absolute Gasteiger partial charge is 0.262 e. The van der Waals surface area contributed by atoms with E-state index in [9.17, 15) is 9.59 Å². The molecule has 2 heterocycles. The number of thioether (sulfide) groups is 1. The summed E-state index contributed by atoms with van der Waals surface area (Å²) in [5, 5.41) is 4.96. The highest BCUT2D eigenvalue weighted by atomic mass is 35.5. The molecule has 1 fully saturated rings. The number of carbonyl (C=O) groups excluding carboxylic acids is 1. The molecule has 1 aromatic heterocycles. The van der Waals surface area contributed by atoms with Gasteiger partial charge >= 0.3 is 0 Å². The molecular formula is C27H34ClN5O2S. The third-order valence-corrected chi connectivity index (χ3v) is 7.79. The van der Waals surface area contributed by atoms with E-state index in [-0.39, 0.29) is 23.3 Å². The van der Waals surface area contributed by atoms with E-state index in [1.807, 2.05) is 56.3 Å². The molecule has 0 saturated carbocycles. The lowest BCUT2D eigenvalue weighted by Crippen LogP contribution is -2.46. The van der Waals surface area contributed by atoms with Gasteiger partial charge in [-0.3, -0.25) is 19.1 Å². The van der Waals surface area contributed by atoms with Gasteiger partial charge in [0.1, 0.15) is 0 Å². The van der Waals surface area contributed by atoms with Gasteiger partial charge in [0.2, 0.25) is 5.91 Å². The Kier molecular flexibility index (Phi) is 9.29. The fourth-order valence-corrected chi connectivity index (χ4v) is 5.38. The van der Waals surface area contributed by atoms with E-state index < -0.39 is 0 Å². The van der Waals surface area contributed by atoms with Crippen LogP contribution in [0.1, 0.15) is 26.7 Å². The lowest BCUT2D eigenvalue weighted by Gasteiger charge is -2.36. The number of amides is 1. The van der Waals surface area contributed by atoms with Crippen molar-refractivity contribution in [2.75, 3.05) is 43.4 Å². The highest BCUT2D eigenvalue weighted by Gasteiger charge is 2.18. The Bertz CT molecular complexity index is 1240. The molecule has 4 rings (SSSR count). The zero-order valence-electron chi connectivity index (χ0n) is 21.0. The van der Waals surface area contributed by atoms with Gasteiger partial charge in [-0.15, -0.1) is 0 Å². The van der Waals surface area contributed by atoms with Crippen molar-refractivity contribution in [3.05, 3.63) is 63.9 Å².